The zero-order valence-corrected chi connectivity index (χ0v) is 20.3. The summed E-state index contributed by atoms with van der Waals surface area (Å²) in [5.74, 6) is -0.336. The number of nitrogens with zero attached hydrogens (tertiary/aromatic N) is 3. The number of hydrogen-bond donors (Lipinski definition) is 1. The number of rotatable bonds is 5. The number of carbonyl (C=O) groups is 1. The van der Waals surface area contributed by atoms with Crippen LogP contribution in [0.3, 0.4) is 0 Å². The van der Waals surface area contributed by atoms with Crippen LogP contribution in [0.2, 0.25) is 0 Å². The smallest absolute Gasteiger partial charge is 0.243 e. The fourth-order valence-electron chi connectivity index (χ4n) is 4.25. The van der Waals surface area contributed by atoms with Crippen molar-refractivity contribution in [3.05, 3.63) is 71.0 Å². The van der Waals surface area contributed by atoms with E-state index in [-0.39, 0.29) is 11.8 Å². The summed E-state index contributed by atoms with van der Waals surface area (Å²) in [6.45, 7) is 8.44. The average Bonchev–Trinajstić information content (AvgIpc) is 3.13. The molecule has 4 rings (SSSR count). The predicted molar refractivity (Wildman–Crippen MR) is 129 cm³/mol. The number of sulfonamides is 1. The van der Waals surface area contributed by atoms with Crippen molar-refractivity contribution in [2.75, 3.05) is 18.4 Å². The molecule has 1 aliphatic rings. The van der Waals surface area contributed by atoms with Crippen molar-refractivity contribution < 1.29 is 13.2 Å². The highest BCUT2D eigenvalue weighted by molar-refractivity contribution is 7.89. The standard InChI is InChI=1S/C25H30N4O3S/c1-17-9-10-22(15-18(17)2)33(31,32)28-13-11-21(12-14-28)25(30)26-23-7-5-6-8-24(23)29-20(4)16-19(3)27-29/h5-10,15-16,21H,11-14H2,1-4H3,(H,26,30). The normalized spacial score (nSPS) is 15.5. The Morgan fingerprint density at radius 1 is 0.970 bits per heavy atom. The van der Waals surface area contributed by atoms with Crippen LogP contribution in [0.1, 0.15) is 35.4 Å². The van der Waals surface area contributed by atoms with Crippen molar-refractivity contribution in [3.8, 4) is 5.69 Å². The second-order valence-corrected chi connectivity index (χ2v) is 10.7. The van der Waals surface area contributed by atoms with Crippen LogP contribution in [0.25, 0.3) is 5.69 Å². The van der Waals surface area contributed by atoms with Gasteiger partial charge in [-0.15, -0.1) is 0 Å². The summed E-state index contributed by atoms with van der Waals surface area (Å²) in [5.41, 5.74) is 5.41. The first-order valence-electron chi connectivity index (χ1n) is 11.2. The molecule has 7 nitrogen and oxygen atoms in total. The van der Waals surface area contributed by atoms with Gasteiger partial charge in [-0.25, -0.2) is 13.1 Å². The molecule has 0 unspecified atom stereocenters. The molecule has 174 valence electrons. The number of anilines is 1. The van der Waals surface area contributed by atoms with Gasteiger partial charge in [0.25, 0.3) is 0 Å². The topological polar surface area (TPSA) is 84.3 Å². The van der Waals surface area contributed by atoms with Gasteiger partial charge in [0.15, 0.2) is 0 Å². The number of para-hydroxylation sites is 2. The second kappa shape index (κ2) is 9.11. The highest BCUT2D eigenvalue weighted by Crippen LogP contribution is 2.27. The molecule has 3 aromatic rings. The molecule has 1 aromatic heterocycles. The summed E-state index contributed by atoms with van der Waals surface area (Å²) in [4.78, 5) is 13.4. The summed E-state index contributed by atoms with van der Waals surface area (Å²) in [5, 5.41) is 7.58. The Morgan fingerprint density at radius 3 is 2.30 bits per heavy atom. The van der Waals surface area contributed by atoms with Gasteiger partial charge < -0.3 is 5.32 Å². The summed E-state index contributed by atoms with van der Waals surface area (Å²) in [7, 11) is -3.56. The van der Waals surface area contributed by atoms with Gasteiger partial charge in [0.05, 0.1) is 22.0 Å². The summed E-state index contributed by atoms with van der Waals surface area (Å²) >= 11 is 0. The Bertz CT molecular complexity index is 1290. The van der Waals surface area contributed by atoms with E-state index in [0.717, 1.165) is 28.2 Å². The van der Waals surface area contributed by atoms with Crippen molar-refractivity contribution in [3.63, 3.8) is 0 Å². The summed E-state index contributed by atoms with van der Waals surface area (Å²) in [6, 6.07) is 14.8. The van der Waals surface area contributed by atoms with E-state index in [1.54, 1.807) is 12.1 Å². The zero-order valence-electron chi connectivity index (χ0n) is 19.5. The van der Waals surface area contributed by atoms with Gasteiger partial charge in [-0.2, -0.15) is 9.40 Å². The average molecular weight is 467 g/mol. The third kappa shape index (κ3) is 4.72. The number of nitrogens with one attached hydrogen (secondary N) is 1. The lowest BCUT2D eigenvalue weighted by atomic mass is 9.97. The van der Waals surface area contributed by atoms with E-state index in [9.17, 15) is 13.2 Å². The summed E-state index contributed by atoms with van der Waals surface area (Å²) < 4.78 is 29.5. The maximum atomic E-state index is 13.1. The van der Waals surface area contributed by atoms with Crippen molar-refractivity contribution >= 4 is 21.6 Å². The Hall–Kier alpha value is -2.97. The number of hydrogen-bond acceptors (Lipinski definition) is 4. The van der Waals surface area contributed by atoms with Gasteiger partial charge in [0.2, 0.25) is 15.9 Å². The SMILES string of the molecule is Cc1cc(C)n(-c2ccccc2NC(=O)C2CCN(S(=O)(=O)c3ccc(C)c(C)c3)CC2)n1. The molecule has 2 aromatic carbocycles. The molecule has 1 amide bonds. The second-order valence-electron chi connectivity index (χ2n) is 8.77. The van der Waals surface area contributed by atoms with Crippen molar-refractivity contribution in [2.24, 2.45) is 5.92 Å². The van der Waals surface area contributed by atoms with Gasteiger partial charge in [0.1, 0.15) is 0 Å². The first kappa shape index (κ1) is 23.2. The first-order chi connectivity index (χ1) is 15.7. The van der Waals surface area contributed by atoms with Gasteiger partial charge in [-0.3, -0.25) is 4.79 Å². The fourth-order valence-corrected chi connectivity index (χ4v) is 5.81. The minimum absolute atomic E-state index is 0.0905. The van der Waals surface area contributed by atoms with Crippen LogP contribution in [0, 0.1) is 33.6 Å². The molecule has 1 saturated heterocycles. The number of aromatic nitrogens is 2. The number of benzene rings is 2. The van der Waals surface area contributed by atoms with Crippen LogP contribution >= 0.6 is 0 Å². The molecule has 0 atom stereocenters. The highest BCUT2D eigenvalue weighted by Gasteiger charge is 2.32. The number of aryl methyl sites for hydroxylation is 4. The van der Waals surface area contributed by atoms with E-state index in [2.05, 4.69) is 10.4 Å². The molecule has 0 bridgehead atoms. The van der Waals surface area contributed by atoms with Crippen molar-refractivity contribution in [1.82, 2.24) is 14.1 Å². The minimum Gasteiger partial charge on any atom is -0.324 e. The monoisotopic (exact) mass is 466 g/mol. The van der Waals surface area contributed by atoms with Crippen LogP contribution in [0.5, 0.6) is 0 Å². The van der Waals surface area contributed by atoms with E-state index in [1.165, 1.54) is 4.31 Å². The van der Waals surface area contributed by atoms with Gasteiger partial charge in [0, 0.05) is 24.7 Å². The number of amides is 1. The van der Waals surface area contributed by atoms with Crippen LogP contribution in [-0.2, 0) is 14.8 Å². The summed E-state index contributed by atoms with van der Waals surface area (Å²) in [6.07, 6.45) is 0.968. The van der Waals surface area contributed by atoms with E-state index >= 15 is 0 Å². The Morgan fingerprint density at radius 2 is 1.67 bits per heavy atom. The molecule has 33 heavy (non-hydrogen) atoms. The molecule has 0 radical (unpaired) electrons. The lowest BCUT2D eigenvalue weighted by Crippen LogP contribution is -2.41. The third-order valence-corrected chi connectivity index (χ3v) is 8.24. The van der Waals surface area contributed by atoms with E-state index < -0.39 is 10.0 Å². The van der Waals surface area contributed by atoms with Crippen LogP contribution < -0.4 is 5.32 Å². The lowest BCUT2D eigenvalue weighted by Gasteiger charge is -2.30. The quantitative estimate of drug-likeness (QED) is 0.612. The van der Waals surface area contributed by atoms with Crippen molar-refractivity contribution in [2.45, 2.75) is 45.4 Å². The number of piperidine rings is 1. The maximum absolute atomic E-state index is 13.1. The van der Waals surface area contributed by atoms with Gasteiger partial charge in [-0.05, 0) is 82.0 Å². The van der Waals surface area contributed by atoms with E-state index in [4.69, 9.17) is 0 Å². The van der Waals surface area contributed by atoms with Gasteiger partial charge >= 0.3 is 0 Å². The first-order valence-corrected chi connectivity index (χ1v) is 12.6. The molecule has 0 spiro atoms. The molecular weight excluding hydrogens is 436 g/mol. The van der Waals surface area contributed by atoms with E-state index in [0.29, 0.717) is 36.5 Å². The van der Waals surface area contributed by atoms with Crippen LogP contribution in [-0.4, -0.2) is 41.5 Å². The Kier molecular flexibility index (Phi) is 6.41. The molecule has 0 aliphatic carbocycles. The highest BCUT2D eigenvalue weighted by atomic mass is 32.2. The minimum atomic E-state index is -3.56. The Labute approximate surface area is 195 Å². The number of carbonyl (C=O) groups excluding carboxylic acids is 1. The molecule has 1 fully saturated rings. The largest absolute Gasteiger partial charge is 0.324 e. The molecule has 0 saturated carbocycles. The third-order valence-electron chi connectivity index (χ3n) is 6.34. The van der Waals surface area contributed by atoms with Crippen LogP contribution in [0.15, 0.2) is 53.4 Å². The van der Waals surface area contributed by atoms with E-state index in [1.807, 2.05) is 68.8 Å². The molecule has 1 aliphatic heterocycles. The van der Waals surface area contributed by atoms with Gasteiger partial charge in [-0.1, -0.05) is 18.2 Å². The fraction of sp³-hybridized carbons (Fsp3) is 0.360. The molecule has 8 heteroatoms. The predicted octanol–water partition coefficient (Wildman–Crippen LogP) is 4.15. The maximum Gasteiger partial charge on any atom is 0.243 e. The Balaban J connectivity index is 1.45. The molecule has 1 N–H and O–H groups in total. The molecule has 2 heterocycles. The van der Waals surface area contributed by atoms with Crippen molar-refractivity contribution in [1.29, 1.82) is 0 Å². The van der Waals surface area contributed by atoms with Crippen LogP contribution in [0.4, 0.5) is 5.69 Å². The lowest BCUT2D eigenvalue weighted by molar-refractivity contribution is -0.120. The molecular formula is C25H30N4O3S. The zero-order chi connectivity index (χ0) is 23.8.